The van der Waals surface area contributed by atoms with Crippen molar-refractivity contribution in [3.05, 3.63) is 66.2 Å². The van der Waals surface area contributed by atoms with Gasteiger partial charge < -0.3 is 14.7 Å². The first-order chi connectivity index (χ1) is 16.2. The molecule has 3 aliphatic rings. The van der Waals surface area contributed by atoms with Crippen LogP contribution < -0.4 is 4.90 Å². The zero-order valence-corrected chi connectivity index (χ0v) is 19.5. The molecule has 0 aromatic heterocycles. The molecule has 2 heterocycles. The van der Waals surface area contributed by atoms with E-state index in [2.05, 4.69) is 47.4 Å². The molecule has 5 nitrogen and oxygen atoms in total. The summed E-state index contributed by atoms with van der Waals surface area (Å²) in [7, 11) is 0. The van der Waals surface area contributed by atoms with Crippen LogP contribution in [0.15, 0.2) is 60.7 Å². The number of para-hydroxylation sites is 1. The summed E-state index contributed by atoms with van der Waals surface area (Å²) in [4.78, 5) is 32.9. The van der Waals surface area contributed by atoms with Gasteiger partial charge in [-0.2, -0.15) is 0 Å². The van der Waals surface area contributed by atoms with E-state index in [1.165, 1.54) is 12.0 Å². The molecule has 5 rings (SSSR count). The molecule has 2 aromatic rings. The fourth-order valence-corrected chi connectivity index (χ4v) is 6.06. The topological polar surface area (TPSA) is 43.9 Å². The van der Waals surface area contributed by atoms with Crippen LogP contribution in [-0.2, 0) is 16.0 Å². The summed E-state index contributed by atoms with van der Waals surface area (Å²) in [5.41, 5.74) is 2.00. The van der Waals surface area contributed by atoms with E-state index in [-0.39, 0.29) is 18.4 Å². The van der Waals surface area contributed by atoms with Gasteiger partial charge in [0.2, 0.25) is 11.8 Å². The monoisotopic (exact) mass is 445 g/mol. The number of nitrogens with zero attached hydrogens (tertiary/aromatic N) is 3. The standard InChI is InChI=1S/C28H35N3O2/c32-26(29-18-14-24(15-19-29)20-23-10-4-1-5-11-23)21-30-22-31(25-12-6-2-7-13-25)28(27(30)33)16-8-3-9-17-28/h1-2,4-7,10-13,24H,3,8-9,14-22H2. The quantitative estimate of drug-likeness (QED) is 0.682. The van der Waals surface area contributed by atoms with Crippen molar-refractivity contribution in [2.45, 2.75) is 56.9 Å². The summed E-state index contributed by atoms with van der Waals surface area (Å²) in [6.07, 6.45) is 8.27. The van der Waals surface area contributed by atoms with Crippen molar-refractivity contribution in [2.24, 2.45) is 5.92 Å². The summed E-state index contributed by atoms with van der Waals surface area (Å²) in [5, 5.41) is 0. The first-order valence-corrected chi connectivity index (χ1v) is 12.6. The van der Waals surface area contributed by atoms with Crippen molar-refractivity contribution in [2.75, 3.05) is 31.2 Å². The highest BCUT2D eigenvalue weighted by atomic mass is 16.2. The van der Waals surface area contributed by atoms with Crippen molar-refractivity contribution >= 4 is 17.5 Å². The smallest absolute Gasteiger partial charge is 0.250 e. The molecule has 0 bridgehead atoms. The van der Waals surface area contributed by atoms with Gasteiger partial charge >= 0.3 is 0 Å². The molecule has 33 heavy (non-hydrogen) atoms. The van der Waals surface area contributed by atoms with Crippen LogP contribution in [0.5, 0.6) is 0 Å². The minimum absolute atomic E-state index is 0.0994. The molecule has 3 fully saturated rings. The lowest BCUT2D eigenvalue weighted by molar-refractivity contribution is -0.141. The van der Waals surface area contributed by atoms with Gasteiger partial charge in [0.25, 0.3) is 0 Å². The third kappa shape index (κ3) is 4.50. The maximum absolute atomic E-state index is 13.7. The van der Waals surface area contributed by atoms with Gasteiger partial charge in [0.15, 0.2) is 0 Å². The summed E-state index contributed by atoms with van der Waals surface area (Å²) >= 11 is 0. The second kappa shape index (κ2) is 9.58. The van der Waals surface area contributed by atoms with Gasteiger partial charge in [0, 0.05) is 18.8 Å². The van der Waals surface area contributed by atoms with E-state index < -0.39 is 5.54 Å². The second-order valence-corrected chi connectivity index (χ2v) is 10.0. The summed E-state index contributed by atoms with van der Waals surface area (Å²) in [5.74, 6) is 0.879. The van der Waals surface area contributed by atoms with Gasteiger partial charge in [0.05, 0.1) is 6.67 Å². The Bertz CT molecular complexity index is 948. The van der Waals surface area contributed by atoms with E-state index in [0.717, 1.165) is 63.7 Å². The van der Waals surface area contributed by atoms with Crippen LogP contribution in [0.2, 0.25) is 0 Å². The third-order valence-corrected chi connectivity index (χ3v) is 7.92. The summed E-state index contributed by atoms with van der Waals surface area (Å²) < 4.78 is 0. The van der Waals surface area contributed by atoms with Crippen LogP contribution in [0.4, 0.5) is 5.69 Å². The Balaban J connectivity index is 1.22. The Hall–Kier alpha value is -2.82. The predicted octanol–water partition coefficient (Wildman–Crippen LogP) is 4.48. The summed E-state index contributed by atoms with van der Waals surface area (Å²) in [6, 6.07) is 20.9. The van der Waals surface area contributed by atoms with Gasteiger partial charge in [-0.3, -0.25) is 9.59 Å². The van der Waals surface area contributed by atoms with Crippen LogP contribution in [0.25, 0.3) is 0 Å². The normalized spacial score (nSPS) is 21.1. The average Bonchev–Trinajstić information content (AvgIpc) is 3.12. The Morgan fingerprint density at radius 1 is 0.879 bits per heavy atom. The minimum Gasteiger partial charge on any atom is -0.341 e. The number of likely N-dealkylation sites (tertiary alicyclic amines) is 1. The number of hydrogen-bond acceptors (Lipinski definition) is 3. The molecule has 1 spiro atoms. The number of benzene rings is 2. The fourth-order valence-electron chi connectivity index (χ4n) is 6.06. The molecule has 174 valence electrons. The highest BCUT2D eigenvalue weighted by molar-refractivity contribution is 5.96. The molecule has 2 aromatic carbocycles. The molecule has 2 aliphatic heterocycles. The molecule has 1 saturated carbocycles. The molecule has 0 atom stereocenters. The lowest BCUT2D eigenvalue weighted by Gasteiger charge is -2.39. The lowest BCUT2D eigenvalue weighted by Crippen LogP contribution is -2.51. The van der Waals surface area contributed by atoms with Gasteiger partial charge in [-0.15, -0.1) is 0 Å². The first-order valence-electron chi connectivity index (χ1n) is 12.6. The number of rotatable bonds is 5. The molecule has 0 radical (unpaired) electrons. The Morgan fingerprint density at radius 3 is 2.18 bits per heavy atom. The van der Waals surface area contributed by atoms with E-state index in [1.54, 1.807) is 0 Å². The Labute approximate surface area is 197 Å². The van der Waals surface area contributed by atoms with Crippen molar-refractivity contribution in [3.63, 3.8) is 0 Å². The minimum atomic E-state index is -0.470. The number of carbonyl (C=O) groups is 2. The van der Waals surface area contributed by atoms with Crippen molar-refractivity contribution < 1.29 is 9.59 Å². The van der Waals surface area contributed by atoms with Crippen molar-refractivity contribution in [3.8, 4) is 0 Å². The predicted molar refractivity (Wildman–Crippen MR) is 131 cm³/mol. The van der Waals surface area contributed by atoms with Gasteiger partial charge in [-0.1, -0.05) is 67.8 Å². The van der Waals surface area contributed by atoms with Gasteiger partial charge in [-0.25, -0.2) is 0 Å². The zero-order valence-electron chi connectivity index (χ0n) is 19.5. The van der Waals surface area contributed by atoms with Crippen LogP contribution in [0.1, 0.15) is 50.5 Å². The van der Waals surface area contributed by atoms with Crippen LogP contribution in [0, 0.1) is 5.92 Å². The Kier molecular flexibility index (Phi) is 6.39. The van der Waals surface area contributed by atoms with Gasteiger partial charge in [-0.05, 0) is 55.7 Å². The Morgan fingerprint density at radius 2 is 1.52 bits per heavy atom. The molecular formula is C28H35N3O2. The molecule has 2 saturated heterocycles. The largest absolute Gasteiger partial charge is 0.341 e. The fraction of sp³-hybridized carbons (Fsp3) is 0.500. The van der Waals surface area contributed by atoms with E-state index in [4.69, 9.17) is 0 Å². The maximum Gasteiger partial charge on any atom is 0.250 e. The molecule has 0 unspecified atom stereocenters. The number of carbonyl (C=O) groups excluding carboxylic acids is 2. The van der Waals surface area contributed by atoms with E-state index in [9.17, 15) is 9.59 Å². The number of hydrogen-bond donors (Lipinski definition) is 0. The van der Waals surface area contributed by atoms with Crippen LogP contribution in [0.3, 0.4) is 0 Å². The second-order valence-electron chi connectivity index (χ2n) is 10.0. The molecular weight excluding hydrogens is 410 g/mol. The van der Waals surface area contributed by atoms with Gasteiger partial charge in [0.1, 0.15) is 12.1 Å². The number of anilines is 1. The maximum atomic E-state index is 13.7. The van der Waals surface area contributed by atoms with E-state index in [0.29, 0.717) is 12.6 Å². The average molecular weight is 446 g/mol. The zero-order chi connectivity index (χ0) is 22.7. The number of piperidine rings is 1. The molecule has 5 heteroatoms. The first kappa shape index (κ1) is 22.0. The highest BCUT2D eigenvalue weighted by Crippen LogP contribution is 2.42. The third-order valence-electron chi connectivity index (χ3n) is 7.92. The highest BCUT2D eigenvalue weighted by Gasteiger charge is 2.53. The van der Waals surface area contributed by atoms with Crippen LogP contribution >= 0.6 is 0 Å². The van der Waals surface area contributed by atoms with E-state index >= 15 is 0 Å². The van der Waals surface area contributed by atoms with Crippen LogP contribution in [-0.4, -0.2) is 53.5 Å². The number of amides is 2. The van der Waals surface area contributed by atoms with E-state index in [1.807, 2.05) is 28.0 Å². The lowest BCUT2D eigenvalue weighted by atomic mass is 9.80. The molecule has 2 amide bonds. The molecule has 0 N–H and O–H groups in total. The van der Waals surface area contributed by atoms with Crippen molar-refractivity contribution in [1.29, 1.82) is 0 Å². The summed E-state index contributed by atoms with van der Waals surface area (Å²) in [6.45, 7) is 2.31. The molecule has 1 aliphatic carbocycles. The van der Waals surface area contributed by atoms with Crippen molar-refractivity contribution in [1.82, 2.24) is 9.80 Å². The SMILES string of the molecule is O=C(CN1CN(c2ccccc2)C2(CCCCC2)C1=O)N1CCC(Cc2ccccc2)CC1.